The molecular weight excluding hydrogens is 220 g/mol. The first kappa shape index (κ1) is 12.9. The molecule has 0 bridgehead atoms. The summed E-state index contributed by atoms with van der Waals surface area (Å²) < 4.78 is 5.02. The monoisotopic (exact) mass is 236 g/mol. The van der Waals surface area contributed by atoms with Crippen molar-refractivity contribution in [1.82, 2.24) is 0 Å². The van der Waals surface area contributed by atoms with Crippen molar-refractivity contribution >= 4 is 11.8 Å². The molecule has 1 N–H and O–H groups in total. The van der Waals surface area contributed by atoms with Crippen LogP contribution < -0.4 is 0 Å². The Morgan fingerprint density at radius 1 is 1.38 bits per heavy atom. The second-order valence-electron chi connectivity index (χ2n) is 3.19. The number of aliphatic hydroxyl groups excluding tert-OH is 1. The zero-order valence-corrected chi connectivity index (χ0v) is 10.1. The van der Waals surface area contributed by atoms with Crippen LogP contribution in [0.25, 0.3) is 0 Å². The van der Waals surface area contributed by atoms with Crippen LogP contribution in [0.5, 0.6) is 0 Å². The maximum Gasteiger partial charge on any atom is 0.110 e. The molecule has 2 nitrogen and oxygen atoms in total. The Kier molecular flexibility index (Phi) is 6.45. The van der Waals surface area contributed by atoms with Gasteiger partial charge in [-0.15, -0.1) is 0 Å². The van der Waals surface area contributed by atoms with Crippen molar-refractivity contribution in [2.24, 2.45) is 0 Å². The van der Waals surface area contributed by atoms with E-state index in [0.717, 1.165) is 5.57 Å². The number of allylic oxidation sites excluding steroid dienone is 2. The molecule has 0 spiro atoms. The lowest BCUT2D eigenvalue weighted by molar-refractivity contribution is 0.166. The zero-order valence-electron chi connectivity index (χ0n) is 9.30. The van der Waals surface area contributed by atoms with Crippen molar-refractivity contribution in [2.75, 3.05) is 13.2 Å². The smallest absolute Gasteiger partial charge is 0.110 e. The van der Waals surface area contributed by atoms with Crippen LogP contribution in [0.2, 0.25) is 0 Å². The van der Waals surface area contributed by atoms with Crippen LogP contribution >= 0.6 is 11.8 Å². The minimum Gasteiger partial charge on any atom is -0.499 e. The number of thioether (sulfide) groups is 1. The van der Waals surface area contributed by atoms with Gasteiger partial charge in [0.15, 0.2) is 0 Å². The van der Waals surface area contributed by atoms with E-state index in [9.17, 15) is 0 Å². The van der Waals surface area contributed by atoms with Crippen LogP contribution in [0.1, 0.15) is 6.92 Å². The van der Waals surface area contributed by atoms with E-state index < -0.39 is 0 Å². The maximum atomic E-state index is 8.51. The maximum absolute atomic E-state index is 8.51. The highest BCUT2D eigenvalue weighted by atomic mass is 32.2. The van der Waals surface area contributed by atoms with Crippen LogP contribution in [0, 0.1) is 0 Å². The molecule has 0 aliphatic rings. The lowest BCUT2D eigenvalue weighted by atomic mass is 10.3. The molecule has 0 unspecified atom stereocenters. The molecule has 1 aromatic carbocycles. The van der Waals surface area contributed by atoms with Gasteiger partial charge in [-0.2, -0.15) is 0 Å². The summed E-state index contributed by atoms with van der Waals surface area (Å²) in [6, 6.07) is 10.2. The molecule has 1 aromatic rings. The number of rotatable bonds is 6. The molecule has 0 saturated carbocycles. The van der Waals surface area contributed by atoms with Crippen molar-refractivity contribution in [2.45, 2.75) is 11.8 Å². The number of ether oxygens (including phenoxy) is 1. The van der Waals surface area contributed by atoms with E-state index in [-0.39, 0.29) is 6.61 Å². The topological polar surface area (TPSA) is 29.5 Å². The summed E-state index contributed by atoms with van der Waals surface area (Å²) in [5.41, 5.74) is 1.12. The molecule has 3 heteroatoms. The first-order valence-electron chi connectivity index (χ1n) is 5.10. The highest BCUT2D eigenvalue weighted by Gasteiger charge is 1.88. The van der Waals surface area contributed by atoms with Crippen molar-refractivity contribution in [3.8, 4) is 0 Å². The summed E-state index contributed by atoms with van der Waals surface area (Å²) in [6.07, 6.45) is 3.49. The van der Waals surface area contributed by atoms with Gasteiger partial charge in [0, 0.05) is 4.90 Å². The molecule has 0 amide bonds. The fraction of sp³-hybridized carbons (Fsp3) is 0.231. The number of hydrogen-bond acceptors (Lipinski definition) is 3. The van der Waals surface area contributed by atoms with Gasteiger partial charge >= 0.3 is 0 Å². The Morgan fingerprint density at radius 2 is 2.12 bits per heavy atom. The summed E-state index contributed by atoms with van der Waals surface area (Å²) in [4.78, 5) is 1.21. The molecule has 0 aliphatic carbocycles. The lowest BCUT2D eigenvalue weighted by Crippen LogP contribution is -1.91. The predicted octanol–water partition coefficient (Wildman–Crippen LogP) is 3.21. The van der Waals surface area contributed by atoms with Crippen molar-refractivity contribution < 1.29 is 9.84 Å². The molecule has 0 fully saturated rings. The van der Waals surface area contributed by atoms with E-state index in [1.54, 1.807) is 18.0 Å². The summed E-state index contributed by atoms with van der Waals surface area (Å²) in [5, 5.41) is 10.6. The fourth-order valence-corrected chi connectivity index (χ4v) is 1.69. The summed E-state index contributed by atoms with van der Waals surface area (Å²) in [6.45, 7) is 2.40. The van der Waals surface area contributed by atoms with E-state index in [4.69, 9.17) is 9.84 Å². The normalized spacial score (nSPS) is 12.0. The summed E-state index contributed by atoms with van der Waals surface area (Å²) in [7, 11) is 0. The molecule has 0 aromatic heterocycles. The van der Waals surface area contributed by atoms with Gasteiger partial charge in [0.05, 0.1) is 12.9 Å². The van der Waals surface area contributed by atoms with E-state index in [1.165, 1.54) is 4.90 Å². The third kappa shape index (κ3) is 5.63. The first-order valence-corrected chi connectivity index (χ1v) is 5.98. The van der Waals surface area contributed by atoms with E-state index in [0.29, 0.717) is 6.61 Å². The molecule has 0 aliphatic heterocycles. The number of aliphatic hydroxyl groups is 1. The Bertz CT molecular complexity index is 344. The highest BCUT2D eigenvalue weighted by molar-refractivity contribution is 8.02. The molecule has 0 radical (unpaired) electrons. The highest BCUT2D eigenvalue weighted by Crippen LogP contribution is 2.20. The van der Waals surface area contributed by atoms with Gasteiger partial charge in [0.1, 0.15) is 6.61 Å². The minimum atomic E-state index is 0.0475. The molecule has 0 atom stereocenters. The van der Waals surface area contributed by atoms with Crippen molar-refractivity contribution in [1.29, 1.82) is 0 Å². The number of benzene rings is 1. The summed E-state index contributed by atoms with van der Waals surface area (Å²) >= 11 is 1.67. The zero-order chi connectivity index (χ0) is 11.6. The van der Waals surface area contributed by atoms with Gasteiger partial charge in [0.25, 0.3) is 0 Å². The number of hydrogen-bond donors (Lipinski definition) is 1. The lowest BCUT2D eigenvalue weighted by Gasteiger charge is -1.97. The van der Waals surface area contributed by atoms with Gasteiger partial charge < -0.3 is 9.84 Å². The molecule has 0 saturated heterocycles. The Hall–Kier alpha value is -1.19. The molecule has 0 heterocycles. The average molecular weight is 236 g/mol. The standard InChI is InChI=1S/C13H16O2S/c1-12(7-9-15-10-8-14)11-16-13-5-3-2-4-6-13/h2-7,9,11,14H,8,10H2,1H3/b9-7+,12-11+. The Labute approximate surface area is 101 Å². The molecular formula is C13H16O2S. The molecule has 86 valence electrons. The largest absolute Gasteiger partial charge is 0.499 e. The summed E-state index contributed by atoms with van der Waals surface area (Å²) in [5.74, 6) is 0. The average Bonchev–Trinajstić information content (AvgIpc) is 2.33. The van der Waals surface area contributed by atoms with Crippen LogP contribution in [-0.2, 0) is 4.74 Å². The third-order valence-corrected chi connectivity index (χ3v) is 2.79. The minimum absolute atomic E-state index is 0.0475. The van der Waals surface area contributed by atoms with Crippen LogP contribution in [0.3, 0.4) is 0 Å². The van der Waals surface area contributed by atoms with Crippen LogP contribution in [0.15, 0.2) is 58.5 Å². The van der Waals surface area contributed by atoms with Crippen molar-refractivity contribution in [3.05, 3.63) is 53.7 Å². The SMILES string of the molecule is CC(/C=C/OCCO)=C\Sc1ccccc1. The van der Waals surface area contributed by atoms with E-state index in [2.05, 4.69) is 17.5 Å². The Morgan fingerprint density at radius 3 is 2.81 bits per heavy atom. The van der Waals surface area contributed by atoms with Gasteiger partial charge in [-0.3, -0.25) is 0 Å². The van der Waals surface area contributed by atoms with Crippen LogP contribution in [-0.4, -0.2) is 18.3 Å². The Balaban J connectivity index is 2.36. The van der Waals surface area contributed by atoms with Gasteiger partial charge in [-0.05, 0) is 36.1 Å². The first-order chi connectivity index (χ1) is 7.83. The van der Waals surface area contributed by atoms with Crippen LogP contribution in [0.4, 0.5) is 0 Å². The molecule has 1 rings (SSSR count). The quantitative estimate of drug-likeness (QED) is 0.356. The molecule has 16 heavy (non-hydrogen) atoms. The van der Waals surface area contributed by atoms with Gasteiger partial charge in [-0.25, -0.2) is 0 Å². The van der Waals surface area contributed by atoms with Gasteiger partial charge in [0.2, 0.25) is 0 Å². The van der Waals surface area contributed by atoms with E-state index in [1.807, 2.05) is 31.2 Å². The van der Waals surface area contributed by atoms with Crippen molar-refractivity contribution in [3.63, 3.8) is 0 Å². The second-order valence-corrected chi connectivity index (χ2v) is 4.13. The van der Waals surface area contributed by atoms with Gasteiger partial charge in [-0.1, -0.05) is 30.0 Å². The fourth-order valence-electron chi connectivity index (χ4n) is 0.976. The van der Waals surface area contributed by atoms with E-state index >= 15 is 0 Å². The predicted molar refractivity (Wildman–Crippen MR) is 68.2 cm³/mol. The third-order valence-electron chi connectivity index (χ3n) is 1.76. The second kappa shape index (κ2) is 8.02.